The summed E-state index contributed by atoms with van der Waals surface area (Å²) in [5.74, 6) is -0.636. The molecule has 0 saturated carbocycles. The average molecular weight is 379 g/mol. The third-order valence-electron chi connectivity index (χ3n) is 4.00. The van der Waals surface area contributed by atoms with E-state index in [1.54, 1.807) is 0 Å². The van der Waals surface area contributed by atoms with Gasteiger partial charge < -0.3 is 9.47 Å². The summed E-state index contributed by atoms with van der Waals surface area (Å²) in [6, 6.07) is 0. The van der Waals surface area contributed by atoms with E-state index in [0.29, 0.717) is 6.61 Å². The zero-order valence-corrected chi connectivity index (χ0v) is 16.5. The maximum absolute atomic E-state index is 13.2. The number of nitrogens with zero attached hydrogens (tertiary/aromatic N) is 1. The van der Waals surface area contributed by atoms with Gasteiger partial charge >= 0.3 is 19.7 Å². The van der Waals surface area contributed by atoms with E-state index in [-0.39, 0.29) is 38.3 Å². The first-order valence-electron chi connectivity index (χ1n) is 8.77. The summed E-state index contributed by atoms with van der Waals surface area (Å²) in [6.07, 6.45) is 2.46. The Morgan fingerprint density at radius 1 is 1.12 bits per heavy atom. The van der Waals surface area contributed by atoms with Crippen molar-refractivity contribution in [2.45, 2.75) is 53.1 Å². The molecule has 0 N–H and O–H groups in total. The van der Waals surface area contributed by atoms with Gasteiger partial charge in [-0.3, -0.25) is 18.6 Å². The standard InChI is InChI=1S/C16H30NO7P/c1-5-7-16-15(6-2)12-23-25(20,24-16)17(8-10-21-13(3)18)9-11-22-14(4)19/h15-16H,5-12H2,1-4H3/t15-,16+,25-/m1/s1. The van der Waals surface area contributed by atoms with Crippen molar-refractivity contribution >= 4 is 19.7 Å². The molecule has 9 heteroatoms. The van der Waals surface area contributed by atoms with Crippen LogP contribution in [0, 0.1) is 5.92 Å². The van der Waals surface area contributed by atoms with Gasteiger partial charge in [-0.15, -0.1) is 0 Å². The largest absolute Gasteiger partial charge is 0.464 e. The summed E-state index contributed by atoms with van der Waals surface area (Å²) in [5.41, 5.74) is 0. The SMILES string of the molecule is CCC[C@@H]1O[P@@](=O)(N(CCOC(C)=O)CCOC(C)=O)OC[C@H]1CC. The summed E-state index contributed by atoms with van der Waals surface area (Å²) in [7, 11) is -3.53. The third kappa shape index (κ3) is 7.44. The van der Waals surface area contributed by atoms with Crippen LogP contribution < -0.4 is 0 Å². The fraction of sp³-hybridized carbons (Fsp3) is 0.875. The molecule has 8 nitrogen and oxygen atoms in total. The first-order valence-corrected chi connectivity index (χ1v) is 10.3. The summed E-state index contributed by atoms with van der Waals surface area (Å²) in [4.78, 5) is 21.9. The fourth-order valence-electron chi connectivity index (χ4n) is 2.63. The van der Waals surface area contributed by atoms with Crippen LogP contribution in [0.3, 0.4) is 0 Å². The van der Waals surface area contributed by atoms with Crippen molar-refractivity contribution in [3.8, 4) is 0 Å². The van der Waals surface area contributed by atoms with Crippen LogP contribution in [-0.2, 0) is 32.7 Å². The van der Waals surface area contributed by atoms with Crippen molar-refractivity contribution in [3.63, 3.8) is 0 Å². The second kappa shape index (κ2) is 10.9. The molecular formula is C16H30NO7P. The van der Waals surface area contributed by atoms with E-state index in [4.69, 9.17) is 18.5 Å². The second-order valence-electron chi connectivity index (χ2n) is 6.00. The van der Waals surface area contributed by atoms with Crippen LogP contribution in [0.15, 0.2) is 0 Å². The lowest BCUT2D eigenvalue weighted by Gasteiger charge is -2.39. The Balaban J connectivity index is 2.79. The minimum Gasteiger partial charge on any atom is -0.464 e. The molecule has 25 heavy (non-hydrogen) atoms. The van der Waals surface area contributed by atoms with E-state index in [1.165, 1.54) is 18.5 Å². The Labute approximate surface area is 149 Å². The van der Waals surface area contributed by atoms with Crippen molar-refractivity contribution in [1.29, 1.82) is 0 Å². The number of carbonyl (C=O) groups excluding carboxylic acids is 2. The molecule has 0 unspecified atom stereocenters. The predicted molar refractivity (Wildman–Crippen MR) is 92.0 cm³/mol. The number of hydrogen-bond donors (Lipinski definition) is 0. The summed E-state index contributed by atoms with van der Waals surface area (Å²) >= 11 is 0. The van der Waals surface area contributed by atoms with Crippen LogP contribution in [0.4, 0.5) is 0 Å². The fourth-order valence-corrected chi connectivity index (χ4v) is 4.64. The van der Waals surface area contributed by atoms with Crippen molar-refractivity contribution in [3.05, 3.63) is 0 Å². The number of rotatable bonds is 10. The van der Waals surface area contributed by atoms with Crippen LogP contribution in [0.2, 0.25) is 0 Å². The zero-order chi connectivity index (χ0) is 18.9. The molecule has 0 bridgehead atoms. The van der Waals surface area contributed by atoms with Gasteiger partial charge in [0, 0.05) is 32.9 Å². The van der Waals surface area contributed by atoms with Gasteiger partial charge in [-0.05, 0) is 12.8 Å². The highest BCUT2D eigenvalue weighted by atomic mass is 31.2. The zero-order valence-electron chi connectivity index (χ0n) is 15.6. The highest BCUT2D eigenvalue weighted by Gasteiger charge is 2.43. The topological polar surface area (TPSA) is 91.4 Å². The molecule has 0 radical (unpaired) electrons. The van der Waals surface area contributed by atoms with Gasteiger partial charge in [0.25, 0.3) is 0 Å². The second-order valence-corrected chi connectivity index (χ2v) is 7.97. The van der Waals surface area contributed by atoms with Crippen LogP contribution in [0.5, 0.6) is 0 Å². The number of esters is 2. The van der Waals surface area contributed by atoms with Gasteiger partial charge in [0.1, 0.15) is 13.2 Å². The molecule has 0 amide bonds. The first kappa shape index (κ1) is 22.1. The summed E-state index contributed by atoms with van der Waals surface area (Å²) in [6.45, 7) is 7.54. The molecule has 1 fully saturated rings. The normalized spacial score (nSPS) is 26.4. The molecule has 1 saturated heterocycles. The Kier molecular flexibility index (Phi) is 9.64. The molecule has 0 aromatic heterocycles. The lowest BCUT2D eigenvalue weighted by atomic mass is 9.97. The van der Waals surface area contributed by atoms with Gasteiger partial charge in [-0.25, -0.2) is 9.24 Å². The van der Waals surface area contributed by atoms with Crippen molar-refractivity contribution in [2.75, 3.05) is 32.9 Å². The molecule has 0 aromatic carbocycles. The number of hydrogen-bond acceptors (Lipinski definition) is 7. The lowest BCUT2D eigenvalue weighted by molar-refractivity contribution is -0.141. The predicted octanol–water partition coefficient (Wildman–Crippen LogP) is 2.76. The van der Waals surface area contributed by atoms with E-state index in [2.05, 4.69) is 13.8 Å². The molecule has 146 valence electrons. The van der Waals surface area contributed by atoms with Crippen LogP contribution in [0.1, 0.15) is 47.0 Å². The Bertz CT molecular complexity index is 465. The first-order chi connectivity index (χ1) is 11.8. The van der Waals surface area contributed by atoms with Crippen molar-refractivity contribution in [2.24, 2.45) is 5.92 Å². The van der Waals surface area contributed by atoms with E-state index in [0.717, 1.165) is 19.3 Å². The molecule has 1 aliphatic rings. The summed E-state index contributed by atoms with van der Waals surface area (Å²) in [5, 5.41) is 0. The maximum Gasteiger partial charge on any atom is 0.408 e. The van der Waals surface area contributed by atoms with Crippen molar-refractivity contribution in [1.82, 2.24) is 4.67 Å². The molecule has 1 heterocycles. The Hall–Kier alpha value is -0.950. The summed E-state index contributed by atoms with van der Waals surface area (Å²) < 4.78 is 36.0. The van der Waals surface area contributed by atoms with E-state index < -0.39 is 19.7 Å². The number of ether oxygens (including phenoxy) is 2. The van der Waals surface area contributed by atoms with Crippen LogP contribution >= 0.6 is 7.75 Å². The lowest BCUT2D eigenvalue weighted by Crippen LogP contribution is -2.38. The van der Waals surface area contributed by atoms with Crippen molar-refractivity contribution < 1.29 is 32.7 Å². The van der Waals surface area contributed by atoms with Gasteiger partial charge in [-0.2, -0.15) is 0 Å². The van der Waals surface area contributed by atoms with Crippen LogP contribution in [0.25, 0.3) is 0 Å². The minimum absolute atomic E-state index is 0.0573. The van der Waals surface area contributed by atoms with Gasteiger partial charge in [0.15, 0.2) is 0 Å². The molecule has 1 rings (SSSR count). The van der Waals surface area contributed by atoms with E-state index >= 15 is 0 Å². The molecule has 1 aliphatic heterocycles. The van der Waals surface area contributed by atoms with Gasteiger partial charge in [0.2, 0.25) is 0 Å². The molecule has 0 aliphatic carbocycles. The van der Waals surface area contributed by atoms with Crippen LogP contribution in [-0.4, -0.2) is 55.6 Å². The quantitative estimate of drug-likeness (QED) is 0.423. The maximum atomic E-state index is 13.2. The Morgan fingerprint density at radius 2 is 1.68 bits per heavy atom. The highest BCUT2D eigenvalue weighted by Crippen LogP contribution is 2.57. The van der Waals surface area contributed by atoms with Gasteiger partial charge in [0.05, 0.1) is 12.7 Å². The monoisotopic (exact) mass is 379 g/mol. The van der Waals surface area contributed by atoms with E-state index in [9.17, 15) is 14.2 Å². The van der Waals surface area contributed by atoms with Gasteiger partial charge in [-0.1, -0.05) is 20.3 Å². The van der Waals surface area contributed by atoms with E-state index in [1.807, 2.05) is 0 Å². The molecule has 0 aromatic rings. The average Bonchev–Trinajstić information content (AvgIpc) is 2.53. The molecule has 0 spiro atoms. The highest BCUT2D eigenvalue weighted by molar-refractivity contribution is 7.51. The number of carbonyl (C=O) groups is 2. The molecular weight excluding hydrogens is 349 g/mol. The third-order valence-corrected chi connectivity index (χ3v) is 6.10. The smallest absolute Gasteiger partial charge is 0.408 e. The minimum atomic E-state index is -3.53. The Morgan fingerprint density at radius 3 is 2.12 bits per heavy atom. The molecule has 3 atom stereocenters.